The summed E-state index contributed by atoms with van der Waals surface area (Å²) in [5, 5.41) is 0. The van der Waals surface area contributed by atoms with Crippen molar-refractivity contribution in [2.24, 2.45) is 11.7 Å². The highest BCUT2D eigenvalue weighted by atomic mass is 19.4. The van der Waals surface area contributed by atoms with E-state index in [-0.39, 0.29) is 24.7 Å². The van der Waals surface area contributed by atoms with E-state index in [0.717, 1.165) is 12.5 Å². The zero-order valence-corrected chi connectivity index (χ0v) is 12.4. The number of pyridine rings is 1. The van der Waals surface area contributed by atoms with Gasteiger partial charge >= 0.3 is 18.0 Å². The topological polar surface area (TPSA) is 76.3 Å². The first-order valence-corrected chi connectivity index (χ1v) is 6.76. The second kappa shape index (κ2) is 7.24. The standard InChI is InChI=1S/C14H18F3N3O2/c1-3-9(2)7-20(13(22)12(18)21)8-11-5-4-10(6-19-11)14(15,16)17/h4-6,9H,3,7-8H2,1-2H3,(H2,18,21). The molecule has 0 aliphatic rings. The lowest BCUT2D eigenvalue weighted by Gasteiger charge is -2.24. The summed E-state index contributed by atoms with van der Waals surface area (Å²) in [5.41, 5.74) is 4.38. The third-order valence-corrected chi connectivity index (χ3v) is 3.23. The van der Waals surface area contributed by atoms with Crippen LogP contribution < -0.4 is 5.73 Å². The molecule has 0 saturated carbocycles. The van der Waals surface area contributed by atoms with Crippen molar-refractivity contribution >= 4 is 11.8 Å². The summed E-state index contributed by atoms with van der Waals surface area (Å²) in [6, 6.07) is 2.07. The summed E-state index contributed by atoms with van der Waals surface area (Å²) in [6.07, 6.45) is -2.99. The van der Waals surface area contributed by atoms with Gasteiger partial charge in [0.1, 0.15) is 0 Å². The number of hydrogen-bond acceptors (Lipinski definition) is 3. The van der Waals surface area contributed by atoms with Gasteiger partial charge in [0.15, 0.2) is 0 Å². The summed E-state index contributed by atoms with van der Waals surface area (Å²) in [6.45, 7) is 4.03. The molecule has 0 bridgehead atoms. The fourth-order valence-electron chi connectivity index (χ4n) is 1.76. The third-order valence-electron chi connectivity index (χ3n) is 3.23. The molecule has 0 aromatic carbocycles. The van der Waals surface area contributed by atoms with Crippen molar-refractivity contribution in [1.82, 2.24) is 9.88 Å². The number of amides is 2. The van der Waals surface area contributed by atoms with Crippen LogP contribution in [-0.2, 0) is 22.3 Å². The van der Waals surface area contributed by atoms with Gasteiger partial charge in [-0.2, -0.15) is 13.2 Å². The van der Waals surface area contributed by atoms with E-state index in [4.69, 9.17) is 5.73 Å². The van der Waals surface area contributed by atoms with Crippen LogP contribution in [0.2, 0.25) is 0 Å². The lowest BCUT2D eigenvalue weighted by molar-refractivity contribution is -0.145. The maximum absolute atomic E-state index is 12.5. The molecular formula is C14H18F3N3O2. The molecule has 0 aliphatic carbocycles. The Morgan fingerprint density at radius 3 is 2.41 bits per heavy atom. The average molecular weight is 317 g/mol. The van der Waals surface area contributed by atoms with Gasteiger partial charge in [0, 0.05) is 12.7 Å². The van der Waals surface area contributed by atoms with Crippen LogP contribution in [0.25, 0.3) is 0 Å². The molecule has 0 fully saturated rings. The number of rotatable bonds is 5. The average Bonchev–Trinajstić information content (AvgIpc) is 2.45. The predicted molar refractivity (Wildman–Crippen MR) is 73.3 cm³/mol. The molecule has 1 atom stereocenters. The van der Waals surface area contributed by atoms with Gasteiger partial charge in [0.05, 0.1) is 17.8 Å². The molecule has 2 amide bonds. The Balaban J connectivity index is 2.89. The Morgan fingerprint density at radius 2 is 2.00 bits per heavy atom. The molecule has 22 heavy (non-hydrogen) atoms. The van der Waals surface area contributed by atoms with E-state index in [2.05, 4.69) is 4.98 Å². The molecule has 1 unspecified atom stereocenters. The summed E-state index contributed by atoms with van der Waals surface area (Å²) in [5.74, 6) is -1.85. The number of aromatic nitrogens is 1. The minimum Gasteiger partial charge on any atom is -0.361 e. The van der Waals surface area contributed by atoms with E-state index in [1.165, 1.54) is 11.0 Å². The van der Waals surface area contributed by atoms with Crippen molar-refractivity contribution in [3.8, 4) is 0 Å². The molecule has 5 nitrogen and oxygen atoms in total. The van der Waals surface area contributed by atoms with E-state index in [0.29, 0.717) is 6.20 Å². The Bertz CT molecular complexity index is 529. The summed E-state index contributed by atoms with van der Waals surface area (Å²) < 4.78 is 37.4. The highest BCUT2D eigenvalue weighted by Crippen LogP contribution is 2.28. The highest BCUT2D eigenvalue weighted by Gasteiger charge is 2.30. The lowest BCUT2D eigenvalue weighted by Crippen LogP contribution is -2.42. The molecule has 0 aliphatic heterocycles. The fraction of sp³-hybridized carbons (Fsp3) is 0.500. The molecule has 1 heterocycles. The Kier molecular flexibility index (Phi) is 5.90. The van der Waals surface area contributed by atoms with Gasteiger partial charge in [-0.3, -0.25) is 14.6 Å². The summed E-state index contributed by atoms with van der Waals surface area (Å²) in [4.78, 5) is 27.7. The van der Waals surface area contributed by atoms with Gasteiger partial charge < -0.3 is 10.6 Å². The monoisotopic (exact) mass is 317 g/mol. The smallest absolute Gasteiger partial charge is 0.361 e. The van der Waals surface area contributed by atoms with Crippen LogP contribution >= 0.6 is 0 Å². The third kappa shape index (κ3) is 5.01. The molecule has 122 valence electrons. The number of carbonyl (C=O) groups excluding carboxylic acids is 2. The van der Waals surface area contributed by atoms with Gasteiger partial charge in [-0.05, 0) is 18.1 Å². The molecule has 1 aromatic rings. The van der Waals surface area contributed by atoms with E-state index in [1.54, 1.807) is 0 Å². The lowest BCUT2D eigenvalue weighted by atomic mass is 10.1. The number of halogens is 3. The minimum atomic E-state index is -4.47. The van der Waals surface area contributed by atoms with Gasteiger partial charge in [0.2, 0.25) is 0 Å². The first kappa shape index (κ1) is 17.9. The SMILES string of the molecule is CCC(C)CN(Cc1ccc(C(F)(F)F)cn1)C(=O)C(N)=O. The molecule has 8 heteroatoms. The van der Waals surface area contributed by atoms with E-state index in [9.17, 15) is 22.8 Å². The molecule has 0 radical (unpaired) electrons. The Morgan fingerprint density at radius 1 is 1.36 bits per heavy atom. The second-order valence-electron chi connectivity index (χ2n) is 5.10. The maximum atomic E-state index is 12.5. The number of nitrogens with zero attached hydrogens (tertiary/aromatic N) is 2. The summed E-state index contributed by atoms with van der Waals surface area (Å²) in [7, 11) is 0. The fourth-order valence-corrected chi connectivity index (χ4v) is 1.76. The van der Waals surface area contributed by atoms with Crippen LogP contribution in [0.4, 0.5) is 13.2 Å². The van der Waals surface area contributed by atoms with Crippen LogP contribution in [0, 0.1) is 5.92 Å². The largest absolute Gasteiger partial charge is 0.417 e. The number of nitrogens with two attached hydrogens (primary N) is 1. The van der Waals surface area contributed by atoms with Crippen molar-refractivity contribution < 1.29 is 22.8 Å². The maximum Gasteiger partial charge on any atom is 0.417 e. The number of primary amides is 1. The van der Waals surface area contributed by atoms with Crippen molar-refractivity contribution in [2.45, 2.75) is 33.0 Å². The van der Waals surface area contributed by atoms with Crippen LogP contribution in [-0.4, -0.2) is 28.2 Å². The quantitative estimate of drug-likeness (QED) is 0.843. The molecule has 0 saturated heterocycles. The van der Waals surface area contributed by atoms with E-state index >= 15 is 0 Å². The number of hydrogen-bond donors (Lipinski definition) is 1. The van der Waals surface area contributed by atoms with E-state index < -0.39 is 23.6 Å². The van der Waals surface area contributed by atoms with Gasteiger partial charge in [0.25, 0.3) is 0 Å². The number of carbonyl (C=O) groups is 2. The van der Waals surface area contributed by atoms with Crippen LogP contribution in [0.1, 0.15) is 31.5 Å². The van der Waals surface area contributed by atoms with Gasteiger partial charge in [-0.1, -0.05) is 20.3 Å². The molecule has 2 N–H and O–H groups in total. The van der Waals surface area contributed by atoms with Crippen LogP contribution in [0.15, 0.2) is 18.3 Å². The Labute approximate surface area is 126 Å². The van der Waals surface area contributed by atoms with Crippen molar-refractivity contribution in [3.05, 3.63) is 29.6 Å². The Hall–Kier alpha value is -2.12. The van der Waals surface area contributed by atoms with Crippen LogP contribution in [0.5, 0.6) is 0 Å². The second-order valence-corrected chi connectivity index (χ2v) is 5.10. The molecule has 1 rings (SSSR count). The van der Waals surface area contributed by atoms with Gasteiger partial charge in [-0.15, -0.1) is 0 Å². The first-order chi connectivity index (χ1) is 10.1. The summed E-state index contributed by atoms with van der Waals surface area (Å²) >= 11 is 0. The predicted octanol–water partition coefficient (Wildman–Crippen LogP) is 1.96. The van der Waals surface area contributed by atoms with Crippen molar-refractivity contribution in [2.75, 3.05) is 6.54 Å². The molecule has 1 aromatic heterocycles. The minimum absolute atomic E-state index is 0.0652. The van der Waals surface area contributed by atoms with Crippen molar-refractivity contribution in [3.63, 3.8) is 0 Å². The molecule has 0 spiro atoms. The number of alkyl halides is 3. The van der Waals surface area contributed by atoms with E-state index in [1.807, 2.05) is 13.8 Å². The normalized spacial score (nSPS) is 12.8. The van der Waals surface area contributed by atoms with Crippen LogP contribution in [0.3, 0.4) is 0 Å². The first-order valence-electron chi connectivity index (χ1n) is 6.76. The zero-order chi connectivity index (χ0) is 16.9. The van der Waals surface area contributed by atoms with Gasteiger partial charge in [-0.25, -0.2) is 0 Å². The molecular weight excluding hydrogens is 299 g/mol. The zero-order valence-electron chi connectivity index (χ0n) is 12.4. The van der Waals surface area contributed by atoms with Crippen molar-refractivity contribution in [1.29, 1.82) is 0 Å². The highest BCUT2D eigenvalue weighted by molar-refractivity contribution is 6.34.